The predicted octanol–water partition coefficient (Wildman–Crippen LogP) is 7.50. The van der Waals surface area contributed by atoms with Crippen LogP contribution in [0.3, 0.4) is 0 Å². The van der Waals surface area contributed by atoms with Crippen LogP contribution in [0.4, 0.5) is 31.8 Å². The second-order valence-corrected chi connectivity index (χ2v) is 17.6. The molecule has 3 aromatic carbocycles. The summed E-state index contributed by atoms with van der Waals surface area (Å²) >= 11 is 6.10. The molecule has 2 amide bonds. The summed E-state index contributed by atoms with van der Waals surface area (Å²) < 4.78 is 31.5. The van der Waals surface area contributed by atoms with Gasteiger partial charge < -0.3 is 25.2 Å². The fourth-order valence-corrected chi connectivity index (χ4v) is 9.71. The highest BCUT2D eigenvalue weighted by Gasteiger charge is 2.29. The lowest BCUT2D eigenvalue weighted by molar-refractivity contribution is -0.133. The van der Waals surface area contributed by atoms with Crippen LogP contribution in [0, 0.1) is 17.6 Å². The molecule has 1 atom stereocenters. The van der Waals surface area contributed by atoms with Crippen molar-refractivity contribution < 1.29 is 23.5 Å². The topological polar surface area (TPSA) is 131 Å². The zero-order valence-electron chi connectivity index (χ0n) is 34.1. The number of fused-ring (bicyclic) bond motifs is 1. The van der Waals surface area contributed by atoms with E-state index in [1.165, 1.54) is 23.8 Å². The number of likely N-dealkylation sites (tertiary alicyclic amines) is 1. The number of piperazine rings is 1. The smallest absolute Gasteiger partial charge is 0.249 e. The van der Waals surface area contributed by atoms with E-state index in [-0.39, 0.29) is 41.2 Å². The first-order chi connectivity index (χ1) is 29.6. The van der Waals surface area contributed by atoms with E-state index in [2.05, 4.69) is 70.7 Å². The highest BCUT2D eigenvalue weighted by atomic mass is 35.5. The quantitative estimate of drug-likeness (QED) is 0.0992. The third-order valence-corrected chi connectivity index (χ3v) is 13.1. The van der Waals surface area contributed by atoms with Crippen LogP contribution in [0.1, 0.15) is 63.0 Å². The first-order valence-corrected chi connectivity index (χ1v) is 22.0. The number of rotatable bonds is 11. The number of carbonyl (C=O) groups excluding carboxylic acids is 2. The molecular weight excluding hydrogens is 800 g/mol. The van der Waals surface area contributed by atoms with Gasteiger partial charge >= 0.3 is 0 Å². The van der Waals surface area contributed by atoms with E-state index in [9.17, 15) is 19.1 Å². The maximum atomic E-state index is 15.2. The zero-order valence-corrected chi connectivity index (χ0v) is 34.9. The van der Waals surface area contributed by atoms with Gasteiger partial charge in [0.25, 0.3) is 0 Å². The lowest BCUT2D eigenvalue weighted by Gasteiger charge is -2.39. The molecule has 61 heavy (non-hydrogen) atoms. The Bertz CT molecular complexity index is 2350. The van der Waals surface area contributed by atoms with Gasteiger partial charge in [-0.15, -0.1) is 0 Å². The number of hydrogen-bond donors (Lipinski definition) is 4. The number of nitrogens with one attached hydrogen (secondary N) is 3. The van der Waals surface area contributed by atoms with Gasteiger partial charge in [0.15, 0.2) is 0 Å². The fourth-order valence-electron chi connectivity index (χ4n) is 9.49. The SMILES string of the molecule is O=C1CCC(Nc2ccc(N3CCN(CC4CCN(Cc5ccc(-c6cn(C7CCC(O)CC7)c7nc(Nc8cc(F)cc(Cl)c8)ncc67)cc5)CC4)CC3)c(F)c2)C(=O)N1. The monoisotopic (exact) mass is 851 g/mol. The number of hydrogen-bond acceptors (Lipinski definition) is 10. The molecule has 9 rings (SSSR count). The molecule has 320 valence electrons. The van der Waals surface area contributed by atoms with Crippen molar-refractivity contribution in [3.8, 4) is 11.1 Å². The number of amides is 2. The number of piperidine rings is 2. The fraction of sp³-hybridized carbons (Fsp3) is 0.435. The Kier molecular flexibility index (Phi) is 12.2. The van der Waals surface area contributed by atoms with Gasteiger partial charge in [0.05, 0.1) is 11.8 Å². The molecule has 4 N–H and O–H groups in total. The highest BCUT2D eigenvalue weighted by Crippen LogP contribution is 2.37. The summed E-state index contributed by atoms with van der Waals surface area (Å²) in [5.41, 5.74) is 5.79. The molecule has 2 aromatic heterocycles. The summed E-state index contributed by atoms with van der Waals surface area (Å²) in [7, 11) is 0. The minimum Gasteiger partial charge on any atom is -0.393 e. The van der Waals surface area contributed by atoms with E-state index in [1.54, 1.807) is 18.2 Å². The van der Waals surface area contributed by atoms with Gasteiger partial charge in [-0.3, -0.25) is 24.7 Å². The largest absolute Gasteiger partial charge is 0.393 e. The Morgan fingerprint density at radius 1 is 0.836 bits per heavy atom. The number of nitrogens with zero attached hydrogens (tertiary/aromatic N) is 6. The molecule has 0 bridgehead atoms. The normalized spacial score (nSPS) is 22.1. The van der Waals surface area contributed by atoms with Crippen LogP contribution < -0.4 is 20.9 Å². The van der Waals surface area contributed by atoms with E-state index in [1.807, 2.05) is 6.20 Å². The molecule has 1 aliphatic carbocycles. The summed E-state index contributed by atoms with van der Waals surface area (Å²) in [6, 6.07) is 17.8. The van der Waals surface area contributed by atoms with E-state index >= 15 is 4.39 Å². The molecule has 1 unspecified atom stereocenters. The molecule has 1 saturated carbocycles. The van der Waals surface area contributed by atoms with E-state index in [0.717, 1.165) is 113 Å². The van der Waals surface area contributed by atoms with Crippen molar-refractivity contribution in [2.24, 2.45) is 5.92 Å². The van der Waals surface area contributed by atoms with Crippen LogP contribution in [-0.4, -0.2) is 99.2 Å². The number of benzene rings is 3. The first kappa shape index (κ1) is 41.2. The molecule has 4 fully saturated rings. The Hall–Kier alpha value is -5.15. The summed E-state index contributed by atoms with van der Waals surface area (Å²) in [6.45, 7) is 7.35. The number of imide groups is 1. The molecule has 3 aliphatic heterocycles. The molecule has 5 heterocycles. The third kappa shape index (κ3) is 9.67. The standard InChI is InChI=1S/C46H52ClF2N9O3/c47-32-21-33(48)23-35(22-32)52-46-50-25-38-39(28-58(44(38)54-46)36-6-8-37(59)9-7-36)31-3-1-29(2-4-31)26-55-15-13-30(14-16-55)27-56-17-19-57(20-18-56)42-11-5-34(24-40(42)49)51-41-10-12-43(60)53-45(41)61/h1-5,11,21-25,28,30,36-37,41,51,59H,6-10,12-20,26-27H2,(H,50,52,54)(H,53,60,61). The van der Waals surface area contributed by atoms with Crippen molar-refractivity contribution in [1.82, 2.24) is 29.7 Å². The van der Waals surface area contributed by atoms with Crippen molar-refractivity contribution in [3.63, 3.8) is 0 Å². The van der Waals surface area contributed by atoms with Gasteiger partial charge in [-0.2, -0.15) is 4.98 Å². The molecule has 15 heteroatoms. The Balaban J connectivity index is 0.775. The molecular formula is C46H52ClF2N9O3. The highest BCUT2D eigenvalue weighted by molar-refractivity contribution is 6.30. The second kappa shape index (κ2) is 18.1. The van der Waals surface area contributed by atoms with Gasteiger partial charge in [0, 0.05) is 91.5 Å². The van der Waals surface area contributed by atoms with Crippen LogP contribution in [0.5, 0.6) is 0 Å². The molecule has 4 aliphatic rings. The predicted molar refractivity (Wildman–Crippen MR) is 234 cm³/mol. The Labute approximate surface area is 359 Å². The number of anilines is 4. The molecule has 0 spiro atoms. The maximum absolute atomic E-state index is 15.2. The molecule has 12 nitrogen and oxygen atoms in total. The summed E-state index contributed by atoms with van der Waals surface area (Å²) in [5, 5.41) is 20.0. The van der Waals surface area contributed by atoms with Gasteiger partial charge in [0.1, 0.15) is 23.3 Å². The van der Waals surface area contributed by atoms with Crippen LogP contribution in [-0.2, 0) is 16.1 Å². The minimum absolute atomic E-state index is 0.199. The number of halogens is 3. The zero-order chi connectivity index (χ0) is 42.0. The van der Waals surface area contributed by atoms with Crippen molar-refractivity contribution in [2.75, 3.05) is 61.3 Å². The Morgan fingerprint density at radius 2 is 1.61 bits per heavy atom. The number of aliphatic hydroxyl groups is 1. The lowest BCUT2D eigenvalue weighted by atomic mass is 9.93. The van der Waals surface area contributed by atoms with Crippen molar-refractivity contribution in [3.05, 3.63) is 95.3 Å². The molecule has 5 aromatic rings. The number of aromatic nitrogens is 3. The van der Waals surface area contributed by atoms with Gasteiger partial charge in [-0.1, -0.05) is 35.9 Å². The Morgan fingerprint density at radius 3 is 2.33 bits per heavy atom. The van der Waals surface area contributed by atoms with Crippen molar-refractivity contribution in [2.45, 2.75) is 76.1 Å². The van der Waals surface area contributed by atoms with Crippen molar-refractivity contribution >= 4 is 57.5 Å². The van der Waals surface area contributed by atoms with E-state index in [0.29, 0.717) is 35.3 Å². The number of aliphatic hydroxyl groups excluding tert-OH is 1. The first-order valence-electron chi connectivity index (χ1n) is 21.6. The van der Waals surface area contributed by atoms with E-state index in [4.69, 9.17) is 16.6 Å². The average molecular weight is 852 g/mol. The maximum Gasteiger partial charge on any atom is 0.249 e. The van der Waals surface area contributed by atoms with Gasteiger partial charge in [-0.25, -0.2) is 13.8 Å². The average Bonchev–Trinajstić information content (AvgIpc) is 3.62. The van der Waals surface area contributed by atoms with Crippen LogP contribution in [0.25, 0.3) is 22.2 Å². The second-order valence-electron chi connectivity index (χ2n) is 17.1. The van der Waals surface area contributed by atoms with Gasteiger partial charge in [-0.05, 0) is 111 Å². The summed E-state index contributed by atoms with van der Waals surface area (Å²) in [4.78, 5) is 40.3. The summed E-state index contributed by atoms with van der Waals surface area (Å²) in [5.74, 6) is -0.413. The van der Waals surface area contributed by atoms with E-state index < -0.39 is 11.9 Å². The molecule has 0 radical (unpaired) electrons. The van der Waals surface area contributed by atoms with Crippen LogP contribution in [0.2, 0.25) is 5.02 Å². The van der Waals surface area contributed by atoms with Crippen LogP contribution in [0.15, 0.2) is 73.1 Å². The van der Waals surface area contributed by atoms with Crippen molar-refractivity contribution in [1.29, 1.82) is 0 Å². The van der Waals surface area contributed by atoms with Crippen LogP contribution >= 0.6 is 11.6 Å². The molecule has 3 saturated heterocycles. The minimum atomic E-state index is -0.547. The summed E-state index contributed by atoms with van der Waals surface area (Å²) in [6.07, 6.45) is 9.90. The van der Waals surface area contributed by atoms with Gasteiger partial charge in [0.2, 0.25) is 17.8 Å². The number of carbonyl (C=O) groups is 2. The third-order valence-electron chi connectivity index (χ3n) is 12.9. The lowest BCUT2D eigenvalue weighted by Crippen LogP contribution is -2.49.